The Morgan fingerprint density at radius 1 is 1.13 bits per heavy atom. The summed E-state index contributed by atoms with van der Waals surface area (Å²) in [6.07, 6.45) is 1.21. The average Bonchev–Trinajstić information content (AvgIpc) is 2.73. The molecule has 0 spiro atoms. The molecule has 1 aliphatic rings. The van der Waals surface area contributed by atoms with E-state index in [4.69, 9.17) is 9.15 Å². The largest absolute Gasteiger partial charge is 0.491 e. The van der Waals surface area contributed by atoms with Gasteiger partial charge in [-0.05, 0) is 36.8 Å². The molecule has 168 valence electrons. The highest BCUT2D eigenvalue weighted by molar-refractivity contribution is 5.85. The number of anilines is 1. The zero-order chi connectivity index (χ0) is 20.2. The Kier molecular flexibility index (Phi) is 9.13. The minimum absolute atomic E-state index is 0. The summed E-state index contributed by atoms with van der Waals surface area (Å²) in [7, 11) is 0. The molecule has 0 aliphatic carbocycles. The fraction of sp³-hybridized carbons (Fsp3) is 0.364. The van der Waals surface area contributed by atoms with Gasteiger partial charge in [0.1, 0.15) is 29.9 Å². The van der Waals surface area contributed by atoms with Crippen molar-refractivity contribution >= 4 is 41.6 Å². The van der Waals surface area contributed by atoms with Gasteiger partial charge < -0.3 is 19.2 Å². The van der Waals surface area contributed by atoms with Gasteiger partial charge in [-0.3, -0.25) is 4.90 Å². The standard InChI is InChI=1S/C22H25N3O4.2ClH/c1-16-12-22(27)29-20-13-18(5-6-19(16)20)28-15-17(26)14-24-8-10-25(11-9-24)21-4-2-3-7-23-21;;/h2-7,12-13,17,26H,8-11,14-15H2,1H3;2*1H. The number of aliphatic hydroxyl groups is 1. The van der Waals surface area contributed by atoms with Crippen molar-refractivity contribution in [3.63, 3.8) is 0 Å². The number of fused-ring (bicyclic) bond motifs is 1. The lowest BCUT2D eigenvalue weighted by Crippen LogP contribution is -2.49. The number of pyridine rings is 1. The monoisotopic (exact) mass is 467 g/mol. The smallest absolute Gasteiger partial charge is 0.336 e. The van der Waals surface area contributed by atoms with Crippen molar-refractivity contribution in [3.05, 3.63) is 64.6 Å². The minimum Gasteiger partial charge on any atom is -0.491 e. The van der Waals surface area contributed by atoms with Crippen LogP contribution in [0, 0.1) is 6.92 Å². The highest BCUT2D eigenvalue weighted by Crippen LogP contribution is 2.22. The number of piperazine rings is 1. The van der Waals surface area contributed by atoms with Gasteiger partial charge in [-0.15, -0.1) is 24.8 Å². The van der Waals surface area contributed by atoms with Gasteiger partial charge in [-0.2, -0.15) is 0 Å². The zero-order valence-electron chi connectivity index (χ0n) is 17.3. The molecule has 0 radical (unpaired) electrons. The summed E-state index contributed by atoms with van der Waals surface area (Å²) < 4.78 is 11.0. The zero-order valence-corrected chi connectivity index (χ0v) is 18.9. The molecule has 3 aromatic rings. The highest BCUT2D eigenvalue weighted by atomic mass is 35.5. The summed E-state index contributed by atoms with van der Waals surface area (Å²) >= 11 is 0. The minimum atomic E-state index is -0.600. The first kappa shape index (κ1) is 24.9. The van der Waals surface area contributed by atoms with Crippen molar-refractivity contribution in [1.29, 1.82) is 0 Å². The van der Waals surface area contributed by atoms with E-state index in [0.717, 1.165) is 42.9 Å². The van der Waals surface area contributed by atoms with E-state index in [9.17, 15) is 9.90 Å². The second-order valence-corrected chi connectivity index (χ2v) is 7.35. The van der Waals surface area contributed by atoms with Crippen molar-refractivity contribution in [2.75, 3.05) is 44.2 Å². The lowest BCUT2D eigenvalue weighted by atomic mass is 10.1. The van der Waals surface area contributed by atoms with Crippen LogP contribution in [-0.4, -0.2) is 60.4 Å². The van der Waals surface area contributed by atoms with E-state index in [1.165, 1.54) is 6.07 Å². The van der Waals surface area contributed by atoms with Crippen LogP contribution in [-0.2, 0) is 0 Å². The first-order valence-electron chi connectivity index (χ1n) is 9.82. The summed E-state index contributed by atoms with van der Waals surface area (Å²) in [4.78, 5) is 20.4. The number of hydrogen-bond acceptors (Lipinski definition) is 7. The molecule has 1 fully saturated rings. The van der Waals surface area contributed by atoms with Gasteiger partial charge >= 0.3 is 5.63 Å². The molecular weight excluding hydrogens is 441 g/mol. The molecule has 1 atom stereocenters. The summed E-state index contributed by atoms with van der Waals surface area (Å²) in [5.41, 5.74) is 0.984. The molecular formula is C22H27Cl2N3O4. The number of aryl methyl sites for hydroxylation is 1. The van der Waals surface area contributed by atoms with Crippen LogP contribution in [0.2, 0.25) is 0 Å². The van der Waals surface area contributed by atoms with Crippen molar-refractivity contribution in [2.45, 2.75) is 13.0 Å². The molecule has 3 heterocycles. The van der Waals surface area contributed by atoms with E-state index in [1.54, 1.807) is 6.07 Å². The average molecular weight is 468 g/mol. The molecule has 1 aromatic carbocycles. The number of β-amino-alcohol motifs (C(OH)–C–C–N with tert-alkyl or cyclic N) is 1. The van der Waals surface area contributed by atoms with Gasteiger partial charge in [0, 0.05) is 56.4 Å². The Hall–Kier alpha value is -2.32. The third-order valence-electron chi connectivity index (χ3n) is 5.18. The third-order valence-corrected chi connectivity index (χ3v) is 5.18. The third kappa shape index (κ3) is 6.33. The maximum absolute atomic E-state index is 11.6. The molecule has 0 saturated carbocycles. The van der Waals surface area contributed by atoms with Crippen LogP contribution in [0.4, 0.5) is 5.82 Å². The number of ether oxygens (including phenoxy) is 1. The van der Waals surface area contributed by atoms with Crippen LogP contribution in [0.1, 0.15) is 5.56 Å². The van der Waals surface area contributed by atoms with E-state index in [-0.39, 0.29) is 37.0 Å². The van der Waals surface area contributed by atoms with Crippen molar-refractivity contribution in [1.82, 2.24) is 9.88 Å². The lowest BCUT2D eigenvalue weighted by Gasteiger charge is -2.36. The molecule has 1 aliphatic heterocycles. The summed E-state index contributed by atoms with van der Waals surface area (Å²) in [6, 6.07) is 12.8. The normalized spacial score (nSPS) is 15.1. The fourth-order valence-electron chi connectivity index (χ4n) is 3.64. The van der Waals surface area contributed by atoms with Crippen LogP contribution >= 0.6 is 24.8 Å². The van der Waals surface area contributed by atoms with Crippen molar-refractivity contribution < 1.29 is 14.3 Å². The van der Waals surface area contributed by atoms with Crippen LogP contribution in [0.25, 0.3) is 11.0 Å². The summed E-state index contributed by atoms with van der Waals surface area (Å²) in [5, 5.41) is 11.3. The fourth-order valence-corrected chi connectivity index (χ4v) is 3.64. The second-order valence-electron chi connectivity index (χ2n) is 7.35. The quantitative estimate of drug-likeness (QED) is 0.558. The summed E-state index contributed by atoms with van der Waals surface area (Å²) in [6.45, 7) is 6.11. The molecule has 0 bridgehead atoms. The molecule has 1 unspecified atom stereocenters. The van der Waals surface area contributed by atoms with Crippen LogP contribution in [0.5, 0.6) is 5.75 Å². The molecule has 4 rings (SSSR count). The second kappa shape index (κ2) is 11.3. The number of benzene rings is 1. The topological polar surface area (TPSA) is 79.0 Å². The number of halogens is 2. The predicted molar refractivity (Wildman–Crippen MR) is 126 cm³/mol. The van der Waals surface area contributed by atoms with E-state index in [0.29, 0.717) is 17.9 Å². The van der Waals surface area contributed by atoms with Gasteiger partial charge in [-0.25, -0.2) is 9.78 Å². The maximum Gasteiger partial charge on any atom is 0.336 e. The molecule has 2 aromatic heterocycles. The molecule has 9 heteroatoms. The number of hydrogen-bond donors (Lipinski definition) is 1. The number of rotatable bonds is 6. The number of aliphatic hydroxyl groups excluding tert-OH is 1. The Morgan fingerprint density at radius 3 is 2.61 bits per heavy atom. The lowest BCUT2D eigenvalue weighted by molar-refractivity contribution is 0.0663. The van der Waals surface area contributed by atoms with Gasteiger partial charge in [0.05, 0.1) is 0 Å². The Labute approximate surface area is 193 Å². The molecule has 31 heavy (non-hydrogen) atoms. The highest BCUT2D eigenvalue weighted by Gasteiger charge is 2.20. The maximum atomic E-state index is 11.6. The van der Waals surface area contributed by atoms with E-state index in [1.807, 2.05) is 43.5 Å². The molecule has 1 saturated heterocycles. The molecule has 7 nitrogen and oxygen atoms in total. The van der Waals surface area contributed by atoms with E-state index >= 15 is 0 Å². The predicted octanol–water partition coefficient (Wildman–Crippen LogP) is 2.90. The summed E-state index contributed by atoms with van der Waals surface area (Å²) in [5.74, 6) is 1.57. The van der Waals surface area contributed by atoms with Gasteiger partial charge in [0.25, 0.3) is 0 Å². The first-order valence-corrected chi connectivity index (χ1v) is 9.82. The Morgan fingerprint density at radius 2 is 1.90 bits per heavy atom. The van der Waals surface area contributed by atoms with Crippen LogP contribution in [0.15, 0.2) is 57.9 Å². The van der Waals surface area contributed by atoms with Gasteiger partial charge in [0.2, 0.25) is 0 Å². The Bertz CT molecular complexity index is 1020. The molecule has 0 amide bonds. The molecule has 1 N–H and O–H groups in total. The SMILES string of the molecule is Cc1cc(=O)oc2cc(OCC(O)CN3CCN(c4ccccn4)CC3)ccc12.Cl.Cl. The number of nitrogens with zero attached hydrogens (tertiary/aromatic N) is 3. The Balaban J connectivity index is 0.00000171. The first-order chi connectivity index (χ1) is 14.1. The van der Waals surface area contributed by atoms with Crippen LogP contribution < -0.4 is 15.3 Å². The van der Waals surface area contributed by atoms with Crippen molar-refractivity contribution in [2.24, 2.45) is 0 Å². The van der Waals surface area contributed by atoms with Crippen molar-refractivity contribution in [3.8, 4) is 5.75 Å². The van der Waals surface area contributed by atoms with E-state index in [2.05, 4.69) is 14.8 Å². The number of aromatic nitrogens is 1. The van der Waals surface area contributed by atoms with E-state index < -0.39 is 6.10 Å². The van der Waals surface area contributed by atoms with Crippen LogP contribution in [0.3, 0.4) is 0 Å². The van der Waals surface area contributed by atoms with Gasteiger partial charge in [0.15, 0.2) is 0 Å². The van der Waals surface area contributed by atoms with Gasteiger partial charge in [-0.1, -0.05) is 6.07 Å².